The summed E-state index contributed by atoms with van der Waals surface area (Å²) in [4.78, 5) is 29.7. The van der Waals surface area contributed by atoms with Gasteiger partial charge in [0.1, 0.15) is 0 Å². The zero-order valence-electron chi connectivity index (χ0n) is 18.9. The van der Waals surface area contributed by atoms with Crippen molar-refractivity contribution in [3.05, 3.63) is 100 Å². The molecule has 6 aromatic rings. The Labute approximate surface area is 204 Å². The molecule has 35 heavy (non-hydrogen) atoms. The van der Waals surface area contributed by atoms with Crippen LogP contribution >= 0.6 is 11.8 Å². The van der Waals surface area contributed by atoms with E-state index < -0.39 is 0 Å². The molecule has 0 radical (unpaired) electrons. The number of aryl methyl sites for hydroxylation is 1. The summed E-state index contributed by atoms with van der Waals surface area (Å²) in [6.45, 7) is 2.09. The zero-order valence-corrected chi connectivity index (χ0v) is 19.7. The first-order valence-corrected chi connectivity index (χ1v) is 12.3. The van der Waals surface area contributed by atoms with Gasteiger partial charge < -0.3 is 4.98 Å². The number of aromatic nitrogens is 5. The van der Waals surface area contributed by atoms with Gasteiger partial charge in [-0.1, -0.05) is 61.2 Å². The van der Waals surface area contributed by atoms with E-state index in [0.717, 1.165) is 23.0 Å². The molecule has 6 rings (SSSR count). The van der Waals surface area contributed by atoms with E-state index in [1.165, 1.54) is 17.3 Å². The van der Waals surface area contributed by atoms with Crippen molar-refractivity contribution in [3.8, 4) is 5.69 Å². The number of rotatable bonds is 6. The van der Waals surface area contributed by atoms with E-state index in [2.05, 4.69) is 22.1 Å². The Bertz CT molecular complexity index is 1780. The summed E-state index contributed by atoms with van der Waals surface area (Å²) in [5.41, 5.74) is 4.05. The molecular weight excluding hydrogens is 458 g/mol. The number of Topliss-reactive ketones (excluding diaryl/α,β-unsaturated/α-hetero) is 1. The Morgan fingerprint density at radius 3 is 2.49 bits per heavy atom. The molecular formula is C27H21N5O2S. The van der Waals surface area contributed by atoms with Gasteiger partial charge in [-0.15, -0.1) is 10.2 Å². The van der Waals surface area contributed by atoms with Crippen LogP contribution in [0.1, 0.15) is 22.8 Å². The fourth-order valence-electron chi connectivity index (χ4n) is 4.40. The number of carbonyl (C=O) groups is 1. The topological polar surface area (TPSA) is 85.0 Å². The molecule has 3 aromatic heterocycles. The number of nitrogens with one attached hydrogen (secondary N) is 1. The minimum Gasteiger partial charge on any atom is -0.360 e. The van der Waals surface area contributed by atoms with Gasteiger partial charge in [0.05, 0.1) is 22.3 Å². The molecule has 0 saturated heterocycles. The lowest BCUT2D eigenvalue weighted by molar-refractivity contribution is 0.102. The summed E-state index contributed by atoms with van der Waals surface area (Å²) in [6.07, 6.45) is 2.67. The third-order valence-corrected chi connectivity index (χ3v) is 7.15. The van der Waals surface area contributed by atoms with Crippen LogP contribution in [0.15, 0.2) is 88.9 Å². The molecule has 0 bridgehead atoms. The molecule has 0 aliphatic heterocycles. The number of carbonyl (C=O) groups excluding carboxylic acids is 1. The van der Waals surface area contributed by atoms with Gasteiger partial charge in [-0.2, -0.15) is 0 Å². The fourth-order valence-corrected chi connectivity index (χ4v) is 5.22. The number of benzene rings is 3. The molecule has 0 spiro atoms. The average molecular weight is 480 g/mol. The summed E-state index contributed by atoms with van der Waals surface area (Å²) in [7, 11) is 0. The maximum Gasteiger partial charge on any atom is 0.267 e. The Morgan fingerprint density at radius 2 is 1.69 bits per heavy atom. The number of ketones is 1. The van der Waals surface area contributed by atoms with Crippen LogP contribution in [0.25, 0.3) is 33.3 Å². The summed E-state index contributed by atoms with van der Waals surface area (Å²) >= 11 is 1.31. The molecule has 7 nitrogen and oxygen atoms in total. The van der Waals surface area contributed by atoms with Gasteiger partial charge in [0, 0.05) is 22.7 Å². The second-order valence-electron chi connectivity index (χ2n) is 8.26. The van der Waals surface area contributed by atoms with E-state index in [1.54, 1.807) is 16.8 Å². The van der Waals surface area contributed by atoms with Gasteiger partial charge >= 0.3 is 0 Å². The minimum absolute atomic E-state index is 0.00279. The average Bonchev–Trinajstić information content (AvgIpc) is 3.52. The van der Waals surface area contributed by atoms with Crippen LogP contribution in [-0.4, -0.2) is 35.7 Å². The molecule has 0 unspecified atom stereocenters. The summed E-state index contributed by atoms with van der Waals surface area (Å²) < 4.78 is 3.44. The highest BCUT2D eigenvalue weighted by molar-refractivity contribution is 7.99. The number of thioether (sulfide) groups is 1. The number of aromatic amines is 1. The normalized spacial score (nSPS) is 11.6. The van der Waals surface area contributed by atoms with Crippen molar-refractivity contribution in [3.63, 3.8) is 0 Å². The minimum atomic E-state index is -0.156. The van der Waals surface area contributed by atoms with E-state index in [4.69, 9.17) is 0 Å². The van der Waals surface area contributed by atoms with Crippen molar-refractivity contribution >= 4 is 45.1 Å². The van der Waals surface area contributed by atoms with Crippen LogP contribution in [0, 0.1) is 0 Å². The lowest BCUT2D eigenvalue weighted by atomic mass is 10.1. The van der Waals surface area contributed by atoms with Crippen molar-refractivity contribution in [2.45, 2.75) is 18.5 Å². The van der Waals surface area contributed by atoms with Crippen molar-refractivity contribution in [2.75, 3.05) is 5.75 Å². The van der Waals surface area contributed by atoms with Crippen LogP contribution in [0.4, 0.5) is 0 Å². The molecule has 0 fully saturated rings. The Hall–Kier alpha value is -4.17. The lowest BCUT2D eigenvalue weighted by Crippen LogP contribution is -2.21. The molecule has 0 saturated carbocycles. The van der Waals surface area contributed by atoms with Crippen LogP contribution in [0.3, 0.4) is 0 Å². The Morgan fingerprint density at radius 1 is 0.943 bits per heavy atom. The predicted molar refractivity (Wildman–Crippen MR) is 139 cm³/mol. The third-order valence-electron chi connectivity index (χ3n) is 6.22. The largest absolute Gasteiger partial charge is 0.360 e. The SMILES string of the molecule is CCc1ccc(-n2c(=O)c3ccccc3n3c(SCC(=O)c4c[nH]c5ccccc45)nnc23)cc1. The molecule has 0 aliphatic rings. The van der Waals surface area contributed by atoms with Gasteiger partial charge in [-0.05, 0) is 42.3 Å². The molecule has 1 N–H and O–H groups in total. The van der Waals surface area contributed by atoms with Crippen LogP contribution in [0.5, 0.6) is 0 Å². The number of hydrogen-bond donors (Lipinski definition) is 1. The smallest absolute Gasteiger partial charge is 0.267 e. The Kier molecular flexibility index (Phi) is 5.22. The third kappa shape index (κ3) is 3.54. The second-order valence-corrected chi connectivity index (χ2v) is 9.20. The number of hydrogen-bond acceptors (Lipinski definition) is 5. The molecule has 0 aliphatic carbocycles. The first kappa shape index (κ1) is 21.4. The molecule has 0 atom stereocenters. The number of H-pyrrole nitrogens is 1. The van der Waals surface area contributed by atoms with Crippen LogP contribution in [0.2, 0.25) is 0 Å². The predicted octanol–water partition coefficient (Wildman–Crippen LogP) is 5.05. The van der Waals surface area contributed by atoms with Gasteiger partial charge in [-0.3, -0.25) is 14.0 Å². The highest BCUT2D eigenvalue weighted by Gasteiger charge is 2.19. The quantitative estimate of drug-likeness (QED) is 0.267. The van der Waals surface area contributed by atoms with E-state index in [-0.39, 0.29) is 17.1 Å². The fraction of sp³-hybridized carbons (Fsp3) is 0.111. The molecule has 3 aromatic carbocycles. The highest BCUT2D eigenvalue weighted by Crippen LogP contribution is 2.25. The molecule has 8 heteroatoms. The maximum absolute atomic E-state index is 13.5. The first-order chi connectivity index (χ1) is 17.2. The van der Waals surface area contributed by atoms with Gasteiger partial charge in [-0.25, -0.2) is 4.57 Å². The zero-order chi connectivity index (χ0) is 23.9. The van der Waals surface area contributed by atoms with E-state index in [1.807, 2.05) is 71.1 Å². The summed E-state index contributed by atoms with van der Waals surface area (Å²) in [5.74, 6) is 0.610. The van der Waals surface area contributed by atoms with Crippen LogP contribution in [-0.2, 0) is 6.42 Å². The Balaban J connectivity index is 1.44. The van der Waals surface area contributed by atoms with E-state index >= 15 is 0 Å². The molecule has 3 heterocycles. The monoisotopic (exact) mass is 479 g/mol. The first-order valence-electron chi connectivity index (χ1n) is 11.4. The standard InChI is InChI=1S/C27H21N5O2S/c1-2-17-11-13-18(14-12-17)31-25(34)20-8-4-6-10-23(20)32-26(31)29-30-27(32)35-16-24(33)21-15-28-22-9-5-3-7-19(21)22/h3-15,28H,2,16H2,1H3. The number of nitrogens with zero attached hydrogens (tertiary/aromatic N) is 4. The summed E-state index contributed by atoms with van der Waals surface area (Å²) in [6, 6.07) is 23.0. The molecule has 0 amide bonds. The van der Waals surface area contributed by atoms with Crippen molar-refractivity contribution < 1.29 is 4.79 Å². The van der Waals surface area contributed by atoms with Crippen molar-refractivity contribution in [2.24, 2.45) is 0 Å². The lowest BCUT2D eigenvalue weighted by Gasteiger charge is -2.11. The number of fused-ring (bicyclic) bond motifs is 4. The second kappa shape index (κ2) is 8.56. The summed E-state index contributed by atoms with van der Waals surface area (Å²) in [5, 5.41) is 10.8. The molecule has 172 valence electrons. The van der Waals surface area contributed by atoms with Gasteiger partial charge in [0.2, 0.25) is 5.78 Å². The van der Waals surface area contributed by atoms with Crippen molar-refractivity contribution in [1.82, 2.24) is 24.1 Å². The van der Waals surface area contributed by atoms with E-state index in [0.29, 0.717) is 27.4 Å². The van der Waals surface area contributed by atoms with Gasteiger partial charge in [0.15, 0.2) is 10.9 Å². The van der Waals surface area contributed by atoms with Crippen molar-refractivity contribution in [1.29, 1.82) is 0 Å². The van der Waals surface area contributed by atoms with Gasteiger partial charge in [0.25, 0.3) is 5.56 Å². The highest BCUT2D eigenvalue weighted by atomic mass is 32.2. The number of para-hydroxylation sites is 2. The van der Waals surface area contributed by atoms with E-state index in [9.17, 15) is 9.59 Å². The maximum atomic E-state index is 13.5. The van der Waals surface area contributed by atoms with Crippen LogP contribution < -0.4 is 5.56 Å².